The van der Waals surface area contributed by atoms with Crippen molar-refractivity contribution in [2.45, 2.75) is 47.5 Å². The Morgan fingerprint density at radius 2 is 1.83 bits per heavy atom. The molecule has 0 bridgehead atoms. The summed E-state index contributed by atoms with van der Waals surface area (Å²) in [4.78, 5) is 26.4. The molecule has 1 N–H and O–H groups in total. The van der Waals surface area contributed by atoms with E-state index in [1.807, 2.05) is 26.0 Å². The maximum absolute atomic E-state index is 12.9. The second kappa shape index (κ2) is 9.25. The number of carbonyl (C=O) groups is 1. The first-order valence-electron chi connectivity index (χ1n) is 10.7. The molecule has 0 saturated carbocycles. The Bertz CT molecular complexity index is 854. The van der Waals surface area contributed by atoms with Crippen LogP contribution in [0.25, 0.3) is 0 Å². The molecule has 0 aliphatic carbocycles. The van der Waals surface area contributed by atoms with Crippen LogP contribution in [-0.4, -0.2) is 42.1 Å². The van der Waals surface area contributed by atoms with E-state index in [0.717, 1.165) is 62.0 Å². The topological polar surface area (TPSA) is 61.4 Å². The second-order valence-electron chi connectivity index (χ2n) is 7.95. The van der Waals surface area contributed by atoms with Crippen LogP contribution in [0.5, 0.6) is 0 Å². The molecule has 0 spiro atoms. The van der Waals surface area contributed by atoms with Gasteiger partial charge in [-0.3, -0.25) is 4.79 Å². The minimum atomic E-state index is -0.194. The number of piperidine rings is 1. The van der Waals surface area contributed by atoms with E-state index in [1.54, 1.807) is 0 Å². The number of rotatable bonds is 6. The van der Waals surface area contributed by atoms with Crippen molar-refractivity contribution in [2.24, 2.45) is 5.92 Å². The molecule has 156 valence electrons. The van der Waals surface area contributed by atoms with E-state index in [-0.39, 0.29) is 5.91 Å². The normalized spacial score (nSPS) is 14.7. The molecule has 6 heteroatoms. The number of hydrogen-bond donors (Lipinski definition) is 1. The van der Waals surface area contributed by atoms with E-state index in [0.29, 0.717) is 11.5 Å². The minimum Gasteiger partial charge on any atom is -0.372 e. The highest BCUT2D eigenvalue weighted by atomic mass is 16.1. The van der Waals surface area contributed by atoms with Gasteiger partial charge in [0.1, 0.15) is 17.3 Å². The predicted octanol–water partition coefficient (Wildman–Crippen LogP) is 4.43. The average molecular weight is 396 g/mol. The standard InChI is InChI=1S/C23H33N5O/c1-6-27(7-2)19-8-9-20(17(4)14-19)26-23(29)21-15-22(25-18(5)24-21)28-12-10-16(3)11-13-28/h8-9,14-16H,6-7,10-13H2,1-5H3,(H,26,29). The van der Waals surface area contributed by atoms with Gasteiger partial charge in [-0.25, -0.2) is 9.97 Å². The van der Waals surface area contributed by atoms with Gasteiger partial charge in [0.2, 0.25) is 0 Å². The quantitative estimate of drug-likeness (QED) is 0.784. The molecule has 29 heavy (non-hydrogen) atoms. The van der Waals surface area contributed by atoms with Gasteiger partial charge in [-0.2, -0.15) is 0 Å². The van der Waals surface area contributed by atoms with E-state index >= 15 is 0 Å². The summed E-state index contributed by atoms with van der Waals surface area (Å²) in [6, 6.07) is 7.97. The molecular weight excluding hydrogens is 362 g/mol. The number of amides is 1. The first kappa shape index (κ1) is 21.1. The van der Waals surface area contributed by atoms with Gasteiger partial charge >= 0.3 is 0 Å². The van der Waals surface area contributed by atoms with E-state index in [9.17, 15) is 4.79 Å². The monoisotopic (exact) mass is 395 g/mol. The van der Waals surface area contributed by atoms with Crippen LogP contribution in [0.3, 0.4) is 0 Å². The summed E-state index contributed by atoms with van der Waals surface area (Å²) in [6.45, 7) is 14.3. The third-order valence-electron chi connectivity index (χ3n) is 5.75. The molecule has 0 atom stereocenters. The molecule has 1 aliphatic heterocycles. The lowest BCUT2D eigenvalue weighted by Crippen LogP contribution is -2.34. The molecular formula is C23H33N5O. The first-order chi connectivity index (χ1) is 13.9. The molecule has 1 saturated heterocycles. The molecule has 1 aromatic heterocycles. The van der Waals surface area contributed by atoms with Crippen LogP contribution in [0.1, 0.15) is 55.5 Å². The number of anilines is 3. The fraction of sp³-hybridized carbons (Fsp3) is 0.522. The summed E-state index contributed by atoms with van der Waals surface area (Å²) in [5.41, 5.74) is 3.44. The molecule has 3 rings (SSSR count). The van der Waals surface area contributed by atoms with Crippen LogP contribution in [0.4, 0.5) is 17.2 Å². The van der Waals surface area contributed by atoms with Gasteiger partial charge in [0.25, 0.3) is 5.91 Å². The van der Waals surface area contributed by atoms with Crippen molar-refractivity contribution in [3.8, 4) is 0 Å². The Labute approximate surface area is 174 Å². The second-order valence-corrected chi connectivity index (χ2v) is 7.95. The Hall–Kier alpha value is -2.63. The van der Waals surface area contributed by atoms with Crippen LogP contribution < -0.4 is 15.1 Å². The summed E-state index contributed by atoms with van der Waals surface area (Å²) in [5, 5.41) is 3.03. The van der Waals surface area contributed by atoms with E-state index in [2.05, 4.69) is 58.0 Å². The SMILES string of the molecule is CCN(CC)c1ccc(NC(=O)c2cc(N3CCC(C)CC3)nc(C)n2)c(C)c1. The van der Waals surface area contributed by atoms with Crippen LogP contribution in [0, 0.1) is 19.8 Å². The molecule has 1 aromatic carbocycles. The molecule has 2 heterocycles. The fourth-order valence-electron chi connectivity index (χ4n) is 3.83. The van der Waals surface area contributed by atoms with Crippen LogP contribution in [0.15, 0.2) is 24.3 Å². The Morgan fingerprint density at radius 1 is 1.14 bits per heavy atom. The molecule has 1 aliphatic rings. The molecule has 2 aromatic rings. The average Bonchev–Trinajstić information content (AvgIpc) is 2.71. The Morgan fingerprint density at radius 3 is 2.45 bits per heavy atom. The summed E-state index contributed by atoms with van der Waals surface area (Å²) >= 11 is 0. The van der Waals surface area contributed by atoms with Crippen molar-refractivity contribution in [3.05, 3.63) is 41.3 Å². The van der Waals surface area contributed by atoms with Gasteiger partial charge in [-0.1, -0.05) is 6.92 Å². The van der Waals surface area contributed by atoms with Crippen molar-refractivity contribution in [1.29, 1.82) is 0 Å². The highest BCUT2D eigenvalue weighted by Crippen LogP contribution is 2.25. The lowest BCUT2D eigenvalue weighted by Gasteiger charge is -2.31. The minimum absolute atomic E-state index is 0.194. The van der Waals surface area contributed by atoms with Crippen molar-refractivity contribution < 1.29 is 4.79 Å². The Balaban J connectivity index is 1.77. The number of hydrogen-bond acceptors (Lipinski definition) is 5. The predicted molar refractivity (Wildman–Crippen MR) is 120 cm³/mol. The number of nitrogens with zero attached hydrogens (tertiary/aromatic N) is 4. The summed E-state index contributed by atoms with van der Waals surface area (Å²) in [7, 11) is 0. The summed E-state index contributed by atoms with van der Waals surface area (Å²) < 4.78 is 0. The zero-order valence-corrected chi connectivity index (χ0v) is 18.3. The first-order valence-corrected chi connectivity index (χ1v) is 10.7. The molecule has 1 fully saturated rings. The zero-order chi connectivity index (χ0) is 21.0. The molecule has 0 radical (unpaired) electrons. The number of aromatic nitrogens is 2. The van der Waals surface area contributed by atoms with Crippen molar-refractivity contribution in [1.82, 2.24) is 9.97 Å². The van der Waals surface area contributed by atoms with E-state index < -0.39 is 0 Å². The molecule has 6 nitrogen and oxygen atoms in total. The third kappa shape index (κ3) is 5.05. The van der Waals surface area contributed by atoms with Crippen molar-refractivity contribution in [3.63, 3.8) is 0 Å². The van der Waals surface area contributed by atoms with E-state index in [4.69, 9.17) is 0 Å². The number of aryl methyl sites for hydroxylation is 2. The van der Waals surface area contributed by atoms with Gasteiger partial charge in [-0.05, 0) is 70.2 Å². The largest absolute Gasteiger partial charge is 0.372 e. The van der Waals surface area contributed by atoms with Crippen LogP contribution in [-0.2, 0) is 0 Å². The van der Waals surface area contributed by atoms with Gasteiger partial charge in [0.05, 0.1) is 0 Å². The van der Waals surface area contributed by atoms with Gasteiger partial charge < -0.3 is 15.1 Å². The van der Waals surface area contributed by atoms with E-state index in [1.165, 1.54) is 5.69 Å². The van der Waals surface area contributed by atoms with Crippen molar-refractivity contribution in [2.75, 3.05) is 41.3 Å². The van der Waals surface area contributed by atoms with Crippen LogP contribution >= 0.6 is 0 Å². The highest BCUT2D eigenvalue weighted by molar-refractivity contribution is 6.03. The number of benzene rings is 1. The number of carbonyl (C=O) groups excluding carboxylic acids is 1. The third-order valence-corrected chi connectivity index (χ3v) is 5.75. The van der Waals surface area contributed by atoms with Crippen LogP contribution in [0.2, 0.25) is 0 Å². The van der Waals surface area contributed by atoms with Gasteiger partial charge in [0.15, 0.2) is 0 Å². The number of nitrogens with one attached hydrogen (secondary N) is 1. The highest BCUT2D eigenvalue weighted by Gasteiger charge is 2.20. The molecule has 1 amide bonds. The van der Waals surface area contributed by atoms with Crippen molar-refractivity contribution >= 4 is 23.1 Å². The lowest BCUT2D eigenvalue weighted by molar-refractivity contribution is 0.102. The lowest BCUT2D eigenvalue weighted by atomic mass is 9.99. The summed E-state index contributed by atoms with van der Waals surface area (Å²) in [6.07, 6.45) is 2.31. The molecule has 0 unspecified atom stereocenters. The zero-order valence-electron chi connectivity index (χ0n) is 18.3. The smallest absolute Gasteiger partial charge is 0.274 e. The van der Waals surface area contributed by atoms with Gasteiger partial charge in [0, 0.05) is 43.6 Å². The maximum atomic E-state index is 12.9. The Kier molecular flexibility index (Phi) is 6.72. The maximum Gasteiger partial charge on any atom is 0.274 e. The summed E-state index contributed by atoms with van der Waals surface area (Å²) in [5.74, 6) is 2.03. The van der Waals surface area contributed by atoms with Gasteiger partial charge in [-0.15, -0.1) is 0 Å². The fourth-order valence-corrected chi connectivity index (χ4v) is 3.83.